The monoisotopic (exact) mass is 326 g/mol. The standard InChI is InChI=1S/C7H12F3INO2/c1-2-14-6(13)3-5(4-11-12)7(8,9)10/h5H,2-4,12H2,1H3/q-1. The first-order valence-corrected chi connectivity index (χ1v) is 6.69. The van der Waals surface area contributed by atoms with Crippen LogP contribution in [0.1, 0.15) is 13.3 Å². The Kier molecular flexibility index (Phi) is 6.41. The van der Waals surface area contributed by atoms with Crippen molar-refractivity contribution in [3.8, 4) is 0 Å². The molecule has 0 saturated carbocycles. The van der Waals surface area contributed by atoms with Crippen LogP contribution in [-0.4, -0.2) is 23.2 Å². The van der Waals surface area contributed by atoms with Crippen LogP contribution in [0.3, 0.4) is 0 Å². The fourth-order valence-electron chi connectivity index (χ4n) is 0.786. The first-order chi connectivity index (χ1) is 6.41. The third-order valence-electron chi connectivity index (χ3n) is 1.46. The molecule has 2 N–H and O–H groups in total. The van der Waals surface area contributed by atoms with Gasteiger partial charge in [-0.05, 0) is 0 Å². The fourth-order valence-corrected chi connectivity index (χ4v) is 2.21. The number of rotatable bonds is 5. The van der Waals surface area contributed by atoms with Crippen LogP contribution in [0.2, 0.25) is 0 Å². The summed E-state index contributed by atoms with van der Waals surface area (Å²) in [6.07, 6.45) is -4.97. The van der Waals surface area contributed by atoms with E-state index in [0.717, 1.165) is 0 Å². The number of carbonyl (C=O) groups excluding carboxylic acids is 1. The second-order valence-electron chi connectivity index (χ2n) is 2.56. The summed E-state index contributed by atoms with van der Waals surface area (Å²) < 4.78 is 46.2. The number of halogens is 4. The Morgan fingerprint density at radius 3 is 2.50 bits per heavy atom. The molecule has 14 heavy (non-hydrogen) atoms. The van der Waals surface area contributed by atoms with Crippen molar-refractivity contribution in [2.24, 2.45) is 9.86 Å². The molecule has 7 heteroatoms. The minimum absolute atomic E-state index is 0.0983. The summed E-state index contributed by atoms with van der Waals surface area (Å²) in [6, 6.07) is 0. The Labute approximate surface area is 90.8 Å². The van der Waals surface area contributed by atoms with Gasteiger partial charge >= 0.3 is 90.6 Å². The van der Waals surface area contributed by atoms with Gasteiger partial charge in [0.25, 0.3) is 0 Å². The molecule has 0 fully saturated rings. The molecule has 0 radical (unpaired) electrons. The Balaban J connectivity index is 4.16. The van der Waals surface area contributed by atoms with Gasteiger partial charge in [0.05, 0.1) is 0 Å². The first kappa shape index (κ1) is 13.9. The molecule has 1 unspecified atom stereocenters. The maximum atomic E-state index is 12.3. The second-order valence-corrected chi connectivity index (χ2v) is 4.32. The van der Waals surface area contributed by atoms with Gasteiger partial charge in [-0.15, -0.1) is 0 Å². The predicted molar refractivity (Wildman–Crippen MR) is 39.8 cm³/mol. The number of ether oxygens (including phenoxy) is 1. The Bertz CT molecular complexity index is 186. The molecule has 0 spiro atoms. The van der Waals surface area contributed by atoms with Gasteiger partial charge in [-0.25, -0.2) is 0 Å². The van der Waals surface area contributed by atoms with Crippen molar-refractivity contribution >= 4 is 5.97 Å². The molecule has 0 aliphatic carbocycles. The van der Waals surface area contributed by atoms with Crippen molar-refractivity contribution in [2.75, 3.05) is 11.0 Å². The summed E-state index contributed by atoms with van der Waals surface area (Å²) in [5.41, 5.74) is 0. The quantitative estimate of drug-likeness (QED) is 0.277. The molecule has 0 aromatic heterocycles. The molecule has 0 bridgehead atoms. The van der Waals surface area contributed by atoms with Crippen molar-refractivity contribution in [1.82, 2.24) is 0 Å². The molecule has 0 aliphatic rings. The minimum atomic E-state index is -4.36. The molecular formula is C7H12F3INO2-. The second kappa shape index (κ2) is 6.44. The molecule has 0 heterocycles. The number of hydrogen-bond acceptors (Lipinski definition) is 3. The number of hydrogen-bond donors (Lipinski definition) is 1. The van der Waals surface area contributed by atoms with Crippen LogP contribution in [0.15, 0.2) is 0 Å². The molecule has 86 valence electrons. The van der Waals surface area contributed by atoms with E-state index >= 15 is 0 Å². The van der Waals surface area contributed by atoms with Crippen LogP contribution >= 0.6 is 0 Å². The van der Waals surface area contributed by atoms with E-state index < -0.39 is 46.0 Å². The zero-order valence-electron chi connectivity index (χ0n) is 7.60. The van der Waals surface area contributed by atoms with Crippen molar-refractivity contribution in [1.29, 1.82) is 0 Å². The van der Waals surface area contributed by atoms with Crippen molar-refractivity contribution in [3.63, 3.8) is 0 Å². The van der Waals surface area contributed by atoms with Crippen LogP contribution < -0.4 is 25.4 Å². The van der Waals surface area contributed by atoms with Gasteiger partial charge in [0, 0.05) is 0 Å². The summed E-state index contributed by atoms with van der Waals surface area (Å²) >= 11 is -0.968. The number of nitrogens with two attached hydrogens (primary N) is 1. The van der Waals surface area contributed by atoms with Crippen LogP contribution in [-0.2, 0) is 9.53 Å². The zero-order valence-corrected chi connectivity index (χ0v) is 9.76. The van der Waals surface area contributed by atoms with E-state index in [1.807, 2.05) is 0 Å². The topological polar surface area (TPSA) is 52.3 Å². The third-order valence-corrected chi connectivity index (χ3v) is 3.03. The van der Waals surface area contributed by atoms with E-state index in [1.54, 1.807) is 6.92 Å². The van der Waals surface area contributed by atoms with E-state index in [9.17, 15) is 18.0 Å². The fraction of sp³-hybridized carbons (Fsp3) is 0.857. The predicted octanol–water partition coefficient (Wildman–Crippen LogP) is -1.92. The molecule has 0 amide bonds. The van der Waals surface area contributed by atoms with E-state index in [2.05, 4.69) is 4.74 Å². The molecule has 0 aromatic rings. The average molecular weight is 326 g/mol. The number of carbonyl (C=O) groups is 1. The summed E-state index contributed by atoms with van der Waals surface area (Å²) in [7, 11) is 0. The Morgan fingerprint density at radius 1 is 1.57 bits per heavy atom. The van der Waals surface area contributed by atoms with Crippen molar-refractivity contribution < 1.29 is 44.2 Å². The van der Waals surface area contributed by atoms with Crippen LogP contribution in [0.25, 0.3) is 0 Å². The van der Waals surface area contributed by atoms with Gasteiger partial charge < -0.3 is 0 Å². The van der Waals surface area contributed by atoms with Gasteiger partial charge in [0.1, 0.15) is 0 Å². The first-order valence-electron chi connectivity index (χ1n) is 3.92. The van der Waals surface area contributed by atoms with Crippen molar-refractivity contribution in [2.45, 2.75) is 19.5 Å². The van der Waals surface area contributed by atoms with Crippen LogP contribution in [0, 0.1) is 5.92 Å². The number of alkyl halides is 4. The van der Waals surface area contributed by atoms with E-state index in [1.165, 1.54) is 0 Å². The molecule has 0 aromatic carbocycles. The van der Waals surface area contributed by atoms with E-state index in [-0.39, 0.29) is 11.0 Å². The van der Waals surface area contributed by atoms with Crippen LogP contribution in [0.5, 0.6) is 0 Å². The zero-order chi connectivity index (χ0) is 11.2. The molecule has 0 aliphatic heterocycles. The van der Waals surface area contributed by atoms with Gasteiger partial charge in [-0.1, -0.05) is 0 Å². The normalized spacial score (nSPS) is 14.1. The SMILES string of the molecule is CCOC(=O)CC(C[I-]N)C(F)(F)F. The molecule has 0 saturated heterocycles. The number of esters is 1. The third kappa shape index (κ3) is 5.63. The molecule has 0 rings (SSSR count). The summed E-state index contributed by atoms with van der Waals surface area (Å²) in [6.45, 7) is 1.65. The van der Waals surface area contributed by atoms with E-state index in [4.69, 9.17) is 3.95 Å². The molecular weight excluding hydrogens is 314 g/mol. The van der Waals surface area contributed by atoms with Gasteiger partial charge in [-0.3, -0.25) is 0 Å². The molecule has 1 atom stereocenters. The van der Waals surface area contributed by atoms with Crippen molar-refractivity contribution in [3.05, 3.63) is 0 Å². The summed E-state index contributed by atoms with van der Waals surface area (Å²) in [4.78, 5) is 10.8. The Hall–Kier alpha value is -0.0500. The van der Waals surface area contributed by atoms with Gasteiger partial charge in [0.15, 0.2) is 0 Å². The van der Waals surface area contributed by atoms with E-state index in [0.29, 0.717) is 0 Å². The van der Waals surface area contributed by atoms with Gasteiger partial charge in [0.2, 0.25) is 0 Å². The Morgan fingerprint density at radius 2 is 2.14 bits per heavy atom. The maximum absolute atomic E-state index is 12.3. The summed E-state index contributed by atoms with van der Waals surface area (Å²) in [5, 5.41) is 0. The van der Waals surface area contributed by atoms with Crippen LogP contribution in [0.4, 0.5) is 13.2 Å². The molecule has 3 nitrogen and oxygen atoms in total. The summed E-state index contributed by atoms with van der Waals surface area (Å²) in [5.74, 6) is -2.45. The average Bonchev–Trinajstić information content (AvgIpc) is 2.02. The van der Waals surface area contributed by atoms with Gasteiger partial charge in [-0.2, -0.15) is 0 Å².